The first kappa shape index (κ1) is 36.3. The molecule has 0 bridgehead atoms. The Kier molecular flexibility index (Phi) is 10.2. The lowest BCUT2D eigenvalue weighted by atomic mass is 10.0. The summed E-state index contributed by atoms with van der Waals surface area (Å²) in [4.78, 5) is 9.56. The van der Waals surface area contributed by atoms with Gasteiger partial charge in [-0.15, -0.1) is 0 Å². The summed E-state index contributed by atoms with van der Waals surface area (Å²) in [5, 5.41) is 0. The van der Waals surface area contributed by atoms with Gasteiger partial charge >= 0.3 is 0 Å². The van der Waals surface area contributed by atoms with Crippen molar-refractivity contribution >= 4 is 51.2 Å². The maximum Gasteiger partial charge on any atom is 0.0463 e. The SMILES string of the molecule is CC(C)(C)N(c1ccccc1)c1ccc(N(c2ccc(N(c3ccccc3)C(C)(C)C)cc2)c2ccc(N(c3ccccc3)C(C)(C)C)cc2)cc1. The van der Waals surface area contributed by atoms with Gasteiger partial charge in [0.25, 0.3) is 0 Å². The molecule has 0 aliphatic heterocycles. The summed E-state index contributed by atoms with van der Waals surface area (Å²) >= 11 is 0. The summed E-state index contributed by atoms with van der Waals surface area (Å²) in [6.07, 6.45) is 0. The van der Waals surface area contributed by atoms with E-state index in [4.69, 9.17) is 0 Å². The van der Waals surface area contributed by atoms with E-state index in [0.29, 0.717) is 0 Å². The lowest BCUT2D eigenvalue weighted by Gasteiger charge is -2.39. The van der Waals surface area contributed by atoms with E-state index in [1.54, 1.807) is 0 Å². The fraction of sp³-hybridized carbons (Fsp3) is 0.250. The Labute approximate surface area is 312 Å². The standard InChI is InChI=1S/C48H54N4/c1-46(2,3)50(40-19-13-10-14-20-40)43-31-25-37(26-32-43)49(38-27-33-44(34-28-38)51(47(4,5)6)41-21-15-11-16-22-41)39-29-35-45(36-30-39)52(48(7,8)9)42-23-17-12-18-24-42/h10-36H,1-9H3. The van der Waals surface area contributed by atoms with Gasteiger partial charge in [0.1, 0.15) is 0 Å². The quantitative estimate of drug-likeness (QED) is 0.150. The van der Waals surface area contributed by atoms with E-state index in [9.17, 15) is 0 Å². The minimum Gasteiger partial charge on any atom is -0.336 e. The van der Waals surface area contributed by atoms with E-state index in [2.05, 4.69) is 246 Å². The van der Waals surface area contributed by atoms with Crippen LogP contribution in [0.5, 0.6) is 0 Å². The van der Waals surface area contributed by atoms with Gasteiger partial charge in [-0.25, -0.2) is 0 Å². The first-order valence-electron chi connectivity index (χ1n) is 18.4. The Morgan fingerprint density at radius 3 is 0.596 bits per heavy atom. The van der Waals surface area contributed by atoms with Gasteiger partial charge in [0.05, 0.1) is 0 Å². The zero-order chi connectivity index (χ0) is 37.1. The second-order valence-electron chi connectivity index (χ2n) is 16.4. The Bertz CT molecular complexity index is 1760. The van der Waals surface area contributed by atoms with Crippen LogP contribution in [0.25, 0.3) is 0 Å². The zero-order valence-electron chi connectivity index (χ0n) is 32.4. The lowest BCUT2D eigenvalue weighted by molar-refractivity contribution is 0.560. The van der Waals surface area contributed by atoms with Crippen molar-refractivity contribution in [2.24, 2.45) is 0 Å². The maximum absolute atomic E-state index is 2.40. The van der Waals surface area contributed by atoms with Gasteiger partial charge < -0.3 is 19.6 Å². The van der Waals surface area contributed by atoms with Gasteiger partial charge in [0.15, 0.2) is 0 Å². The molecule has 0 fully saturated rings. The van der Waals surface area contributed by atoms with Crippen molar-refractivity contribution in [1.82, 2.24) is 0 Å². The minimum absolute atomic E-state index is 0.108. The van der Waals surface area contributed by atoms with Crippen LogP contribution in [0.4, 0.5) is 51.2 Å². The van der Waals surface area contributed by atoms with Crippen molar-refractivity contribution in [2.75, 3.05) is 19.6 Å². The van der Waals surface area contributed by atoms with Crippen molar-refractivity contribution in [1.29, 1.82) is 0 Å². The minimum atomic E-state index is -0.108. The van der Waals surface area contributed by atoms with Crippen molar-refractivity contribution in [3.05, 3.63) is 164 Å². The summed E-state index contributed by atoms with van der Waals surface area (Å²) in [5.74, 6) is 0. The summed E-state index contributed by atoms with van der Waals surface area (Å²) < 4.78 is 0. The molecule has 0 unspecified atom stereocenters. The van der Waals surface area contributed by atoms with E-state index in [1.807, 2.05) is 0 Å². The molecule has 0 aliphatic carbocycles. The largest absolute Gasteiger partial charge is 0.336 e. The third-order valence-electron chi connectivity index (χ3n) is 9.15. The van der Waals surface area contributed by atoms with Gasteiger partial charge in [0.2, 0.25) is 0 Å². The predicted octanol–water partition coefficient (Wildman–Crippen LogP) is 14.0. The van der Waals surface area contributed by atoms with Gasteiger partial charge in [-0.05, 0) is 172 Å². The maximum atomic E-state index is 2.40. The number of hydrogen-bond acceptors (Lipinski definition) is 4. The zero-order valence-corrected chi connectivity index (χ0v) is 32.4. The fourth-order valence-corrected chi connectivity index (χ4v) is 7.20. The van der Waals surface area contributed by atoms with E-state index in [-0.39, 0.29) is 16.6 Å². The average molecular weight is 687 g/mol. The van der Waals surface area contributed by atoms with E-state index < -0.39 is 0 Å². The number of hydrogen-bond donors (Lipinski definition) is 0. The van der Waals surface area contributed by atoms with Crippen LogP contribution in [0.15, 0.2) is 164 Å². The van der Waals surface area contributed by atoms with Crippen molar-refractivity contribution in [2.45, 2.75) is 78.9 Å². The summed E-state index contributed by atoms with van der Waals surface area (Å²) in [6.45, 7) is 20.3. The summed E-state index contributed by atoms with van der Waals surface area (Å²) in [6, 6.07) is 58.9. The van der Waals surface area contributed by atoms with Crippen molar-refractivity contribution in [3.8, 4) is 0 Å². The van der Waals surface area contributed by atoms with Crippen LogP contribution in [0.2, 0.25) is 0 Å². The molecule has 0 N–H and O–H groups in total. The number of nitrogens with zero attached hydrogens (tertiary/aromatic N) is 4. The van der Waals surface area contributed by atoms with E-state index in [1.165, 1.54) is 17.1 Å². The van der Waals surface area contributed by atoms with E-state index in [0.717, 1.165) is 34.1 Å². The molecule has 6 rings (SSSR count). The number of benzene rings is 6. The second kappa shape index (κ2) is 14.6. The van der Waals surface area contributed by atoms with Crippen LogP contribution in [0.3, 0.4) is 0 Å². The molecule has 0 atom stereocenters. The fourth-order valence-electron chi connectivity index (χ4n) is 7.20. The first-order chi connectivity index (χ1) is 24.7. The Balaban J connectivity index is 1.43. The molecule has 0 heterocycles. The molecule has 266 valence electrons. The molecule has 0 aliphatic rings. The molecular formula is C48H54N4. The van der Waals surface area contributed by atoms with Crippen LogP contribution in [0.1, 0.15) is 62.3 Å². The van der Waals surface area contributed by atoms with Gasteiger partial charge in [0, 0.05) is 67.8 Å². The number of para-hydroxylation sites is 3. The van der Waals surface area contributed by atoms with Crippen LogP contribution >= 0.6 is 0 Å². The molecule has 0 saturated heterocycles. The molecule has 4 heteroatoms. The highest BCUT2D eigenvalue weighted by Gasteiger charge is 2.27. The second-order valence-corrected chi connectivity index (χ2v) is 16.4. The molecule has 0 saturated carbocycles. The molecular weight excluding hydrogens is 633 g/mol. The number of anilines is 9. The smallest absolute Gasteiger partial charge is 0.0463 e. The summed E-state index contributed by atoms with van der Waals surface area (Å²) in [7, 11) is 0. The molecule has 0 aromatic heterocycles. The molecule has 6 aromatic rings. The molecule has 0 amide bonds. The highest BCUT2D eigenvalue weighted by molar-refractivity contribution is 5.81. The molecule has 4 nitrogen and oxygen atoms in total. The van der Waals surface area contributed by atoms with Crippen LogP contribution in [-0.2, 0) is 0 Å². The molecule has 0 radical (unpaired) electrons. The van der Waals surface area contributed by atoms with Gasteiger partial charge in [-0.1, -0.05) is 54.6 Å². The normalized spacial score (nSPS) is 11.9. The van der Waals surface area contributed by atoms with Crippen LogP contribution < -0.4 is 19.6 Å². The third kappa shape index (κ3) is 8.02. The van der Waals surface area contributed by atoms with E-state index >= 15 is 0 Å². The molecule has 6 aromatic carbocycles. The van der Waals surface area contributed by atoms with Crippen LogP contribution in [-0.4, -0.2) is 16.6 Å². The van der Waals surface area contributed by atoms with Gasteiger partial charge in [-0.3, -0.25) is 0 Å². The topological polar surface area (TPSA) is 13.0 Å². The highest BCUT2D eigenvalue weighted by Crippen LogP contribution is 2.42. The van der Waals surface area contributed by atoms with Gasteiger partial charge in [-0.2, -0.15) is 0 Å². The van der Waals surface area contributed by atoms with Crippen LogP contribution in [0, 0.1) is 0 Å². The lowest BCUT2D eigenvalue weighted by Crippen LogP contribution is -2.37. The highest BCUT2D eigenvalue weighted by atomic mass is 15.2. The third-order valence-corrected chi connectivity index (χ3v) is 9.15. The Morgan fingerprint density at radius 2 is 0.404 bits per heavy atom. The Morgan fingerprint density at radius 1 is 0.231 bits per heavy atom. The monoisotopic (exact) mass is 686 g/mol. The number of rotatable bonds is 9. The summed E-state index contributed by atoms with van der Waals surface area (Å²) in [5.41, 5.74) is 9.95. The van der Waals surface area contributed by atoms with Crippen molar-refractivity contribution < 1.29 is 0 Å². The van der Waals surface area contributed by atoms with Crippen molar-refractivity contribution in [3.63, 3.8) is 0 Å². The first-order valence-corrected chi connectivity index (χ1v) is 18.4. The Hall–Kier alpha value is -5.48. The predicted molar refractivity (Wildman–Crippen MR) is 226 cm³/mol. The average Bonchev–Trinajstić information content (AvgIpc) is 3.10. The molecule has 0 spiro atoms. The molecule has 52 heavy (non-hydrogen) atoms.